The molecule has 0 saturated carbocycles. The molecule has 5 nitrogen and oxygen atoms in total. The van der Waals surface area contributed by atoms with Gasteiger partial charge in [0, 0.05) is 6.42 Å². The number of nitrogens with two attached hydrogens (primary N) is 1. The number of amides is 1. The molecule has 1 aromatic carbocycles. The Balaban J connectivity index is 2.59. The summed E-state index contributed by atoms with van der Waals surface area (Å²) in [7, 11) is 0. The Morgan fingerprint density at radius 2 is 1.79 bits per heavy atom. The van der Waals surface area contributed by atoms with Crippen LogP contribution in [0, 0.1) is 0 Å². The SMILES string of the molecule is CCCC(=O)OC[C@@H](COC(N)=O)c1ccccc1. The van der Waals surface area contributed by atoms with E-state index in [1.165, 1.54) is 0 Å². The number of esters is 1. The fourth-order valence-corrected chi connectivity index (χ4v) is 1.62. The summed E-state index contributed by atoms with van der Waals surface area (Å²) in [5, 5.41) is 0. The average Bonchev–Trinajstić information content (AvgIpc) is 2.40. The molecule has 1 atom stereocenters. The van der Waals surface area contributed by atoms with E-state index in [2.05, 4.69) is 0 Å². The van der Waals surface area contributed by atoms with E-state index in [0.29, 0.717) is 6.42 Å². The Hall–Kier alpha value is -2.04. The van der Waals surface area contributed by atoms with Gasteiger partial charge in [0.25, 0.3) is 0 Å². The molecule has 5 heteroatoms. The van der Waals surface area contributed by atoms with Crippen molar-refractivity contribution in [1.29, 1.82) is 0 Å². The third-order valence-corrected chi connectivity index (χ3v) is 2.60. The van der Waals surface area contributed by atoms with Gasteiger partial charge in [0.05, 0.1) is 5.92 Å². The quantitative estimate of drug-likeness (QED) is 0.766. The van der Waals surface area contributed by atoms with Gasteiger partial charge in [-0.2, -0.15) is 0 Å². The van der Waals surface area contributed by atoms with E-state index in [1.54, 1.807) is 0 Å². The predicted octanol–water partition coefficient (Wildman–Crippen LogP) is 2.21. The van der Waals surface area contributed by atoms with Crippen LogP contribution in [-0.2, 0) is 14.3 Å². The minimum Gasteiger partial charge on any atom is -0.465 e. The van der Waals surface area contributed by atoms with E-state index in [0.717, 1.165) is 12.0 Å². The van der Waals surface area contributed by atoms with Crippen molar-refractivity contribution in [3.63, 3.8) is 0 Å². The Kier molecular flexibility index (Phi) is 6.43. The summed E-state index contributed by atoms with van der Waals surface area (Å²) in [6, 6.07) is 9.42. The third kappa shape index (κ3) is 5.90. The van der Waals surface area contributed by atoms with Gasteiger partial charge in [0.2, 0.25) is 0 Å². The molecule has 19 heavy (non-hydrogen) atoms. The van der Waals surface area contributed by atoms with Crippen molar-refractivity contribution in [1.82, 2.24) is 0 Å². The molecule has 1 aromatic rings. The van der Waals surface area contributed by atoms with Crippen molar-refractivity contribution in [3.05, 3.63) is 35.9 Å². The smallest absolute Gasteiger partial charge is 0.404 e. The van der Waals surface area contributed by atoms with Gasteiger partial charge in [0.1, 0.15) is 13.2 Å². The molecule has 1 amide bonds. The zero-order valence-electron chi connectivity index (χ0n) is 11.0. The van der Waals surface area contributed by atoms with Crippen LogP contribution in [-0.4, -0.2) is 25.3 Å². The number of hydrogen-bond acceptors (Lipinski definition) is 4. The second-order valence-corrected chi connectivity index (χ2v) is 4.17. The van der Waals surface area contributed by atoms with E-state index in [4.69, 9.17) is 15.2 Å². The van der Waals surface area contributed by atoms with Crippen LogP contribution in [0.3, 0.4) is 0 Å². The molecular formula is C14H19NO4. The van der Waals surface area contributed by atoms with Crippen molar-refractivity contribution in [3.8, 4) is 0 Å². The van der Waals surface area contributed by atoms with E-state index >= 15 is 0 Å². The lowest BCUT2D eigenvalue weighted by Gasteiger charge is -2.17. The third-order valence-electron chi connectivity index (χ3n) is 2.60. The molecule has 0 aliphatic carbocycles. The summed E-state index contributed by atoms with van der Waals surface area (Å²) in [6.07, 6.45) is 0.297. The van der Waals surface area contributed by atoms with Gasteiger partial charge in [-0.3, -0.25) is 4.79 Å². The van der Waals surface area contributed by atoms with Gasteiger partial charge >= 0.3 is 12.1 Å². The Labute approximate surface area is 112 Å². The fourth-order valence-electron chi connectivity index (χ4n) is 1.62. The molecule has 0 saturated heterocycles. The molecule has 0 bridgehead atoms. The number of rotatable bonds is 7. The maximum Gasteiger partial charge on any atom is 0.404 e. The lowest BCUT2D eigenvalue weighted by atomic mass is 10.0. The number of carbonyl (C=O) groups is 2. The van der Waals surface area contributed by atoms with Crippen LogP contribution in [0.1, 0.15) is 31.2 Å². The van der Waals surface area contributed by atoms with E-state index in [9.17, 15) is 9.59 Å². The zero-order valence-corrected chi connectivity index (χ0v) is 11.0. The average molecular weight is 265 g/mol. The molecule has 104 valence electrons. The van der Waals surface area contributed by atoms with Crippen LogP contribution in [0.2, 0.25) is 0 Å². The highest BCUT2D eigenvalue weighted by atomic mass is 16.6. The molecule has 0 heterocycles. The fraction of sp³-hybridized carbons (Fsp3) is 0.429. The maximum atomic E-state index is 11.4. The standard InChI is InChI=1S/C14H19NO4/c1-2-6-13(16)18-9-12(10-19-14(15)17)11-7-4-3-5-8-11/h3-5,7-8,12H,2,6,9-10H2,1H3,(H2,15,17)/t12-/m0/s1. The molecule has 0 aliphatic rings. The topological polar surface area (TPSA) is 78.6 Å². The van der Waals surface area contributed by atoms with Gasteiger partial charge in [-0.05, 0) is 12.0 Å². The first-order valence-electron chi connectivity index (χ1n) is 6.26. The Morgan fingerprint density at radius 3 is 2.37 bits per heavy atom. The number of primary amides is 1. The minimum atomic E-state index is -0.833. The van der Waals surface area contributed by atoms with Gasteiger partial charge in [0.15, 0.2) is 0 Å². The summed E-state index contributed by atoms with van der Waals surface area (Å²) >= 11 is 0. The Morgan fingerprint density at radius 1 is 1.16 bits per heavy atom. The second-order valence-electron chi connectivity index (χ2n) is 4.17. The molecule has 1 rings (SSSR count). The van der Waals surface area contributed by atoms with Crippen molar-refractivity contribution in [2.75, 3.05) is 13.2 Å². The van der Waals surface area contributed by atoms with Crippen LogP contribution in [0.4, 0.5) is 4.79 Å². The lowest BCUT2D eigenvalue weighted by molar-refractivity contribution is -0.144. The number of ether oxygens (including phenoxy) is 2. The molecule has 0 aliphatic heterocycles. The molecule has 2 N–H and O–H groups in total. The predicted molar refractivity (Wildman–Crippen MR) is 70.6 cm³/mol. The van der Waals surface area contributed by atoms with Crippen LogP contribution in [0.25, 0.3) is 0 Å². The first kappa shape index (κ1) is 15.0. The van der Waals surface area contributed by atoms with Crippen molar-refractivity contribution >= 4 is 12.1 Å². The first-order valence-corrected chi connectivity index (χ1v) is 6.26. The highest BCUT2D eigenvalue weighted by Crippen LogP contribution is 2.16. The molecule has 0 aromatic heterocycles. The molecule has 0 fully saturated rings. The molecule has 0 spiro atoms. The number of hydrogen-bond donors (Lipinski definition) is 1. The minimum absolute atomic E-state index is 0.0960. The lowest BCUT2D eigenvalue weighted by Crippen LogP contribution is -2.22. The maximum absolute atomic E-state index is 11.4. The number of carbonyl (C=O) groups excluding carboxylic acids is 2. The summed E-state index contributed by atoms with van der Waals surface area (Å²) < 4.78 is 9.96. The molecule has 0 unspecified atom stereocenters. The monoisotopic (exact) mass is 265 g/mol. The van der Waals surface area contributed by atoms with Crippen LogP contribution in [0.5, 0.6) is 0 Å². The zero-order chi connectivity index (χ0) is 14.1. The van der Waals surface area contributed by atoms with Gasteiger partial charge < -0.3 is 15.2 Å². The van der Waals surface area contributed by atoms with Gasteiger partial charge in [-0.1, -0.05) is 37.3 Å². The highest BCUT2D eigenvalue weighted by Gasteiger charge is 2.15. The number of benzene rings is 1. The normalized spacial score (nSPS) is 11.6. The second kappa shape index (κ2) is 8.13. The highest BCUT2D eigenvalue weighted by molar-refractivity contribution is 5.69. The van der Waals surface area contributed by atoms with Gasteiger partial charge in [-0.25, -0.2) is 4.79 Å². The van der Waals surface area contributed by atoms with Crippen LogP contribution >= 0.6 is 0 Å². The van der Waals surface area contributed by atoms with Crippen molar-refractivity contribution in [2.24, 2.45) is 5.73 Å². The van der Waals surface area contributed by atoms with Crippen LogP contribution in [0.15, 0.2) is 30.3 Å². The van der Waals surface area contributed by atoms with Gasteiger partial charge in [-0.15, -0.1) is 0 Å². The first-order chi connectivity index (χ1) is 9.13. The summed E-state index contributed by atoms with van der Waals surface area (Å²) in [5.74, 6) is -0.447. The van der Waals surface area contributed by atoms with Crippen LogP contribution < -0.4 is 5.73 Å². The summed E-state index contributed by atoms with van der Waals surface area (Å²) in [4.78, 5) is 22.0. The van der Waals surface area contributed by atoms with Crippen molar-refractivity contribution < 1.29 is 19.1 Å². The summed E-state index contributed by atoms with van der Waals surface area (Å²) in [6.45, 7) is 2.18. The Bertz CT molecular complexity index is 405. The summed E-state index contributed by atoms with van der Waals surface area (Å²) in [5.41, 5.74) is 5.89. The van der Waals surface area contributed by atoms with E-state index in [-0.39, 0.29) is 25.1 Å². The molecular weight excluding hydrogens is 246 g/mol. The van der Waals surface area contributed by atoms with Crippen molar-refractivity contribution in [2.45, 2.75) is 25.7 Å². The largest absolute Gasteiger partial charge is 0.465 e. The van der Waals surface area contributed by atoms with E-state index < -0.39 is 6.09 Å². The molecule has 0 radical (unpaired) electrons. The van der Waals surface area contributed by atoms with E-state index in [1.807, 2.05) is 37.3 Å².